The van der Waals surface area contributed by atoms with Gasteiger partial charge in [0, 0.05) is 17.3 Å². The summed E-state index contributed by atoms with van der Waals surface area (Å²) in [6, 6.07) is 13.9. The predicted molar refractivity (Wildman–Crippen MR) is 101 cm³/mol. The molecule has 0 saturated carbocycles. The highest BCUT2D eigenvalue weighted by molar-refractivity contribution is 5.97. The molecule has 1 atom stereocenters. The van der Waals surface area contributed by atoms with E-state index in [0.29, 0.717) is 22.7 Å². The third kappa shape index (κ3) is 5.81. The van der Waals surface area contributed by atoms with E-state index < -0.39 is 0 Å². The van der Waals surface area contributed by atoms with E-state index in [1.807, 2.05) is 13.8 Å². The largest absolute Gasteiger partial charge is 0.497 e. The van der Waals surface area contributed by atoms with Crippen molar-refractivity contribution in [2.75, 3.05) is 19.0 Å². The number of rotatable bonds is 8. The molecule has 6 heteroatoms. The molecule has 0 radical (unpaired) electrons. The van der Waals surface area contributed by atoms with Crippen LogP contribution in [0.3, 0.4) is 0 Å². The average Bonchev–Trinajstić information content (AvgIpc) is 2.66. The molecule has 0 saturated heterocycles. The van der Waals surface area contributed by atoms with E-state index in [0.717, 1.165) is 6.42 Å². The second kappa shape index (κ2) is 9.46. The maximum absolute atomic E-state index is 12.2. The SMILES string of the molecule is CCC(C)NC(=O)c1cccc(NC(=O)COc2ccc(OC)cc2)c1. The molecular weight excluding hydrogens is 332 g/mol. The Balaban J connectivity index is 1.89. The van der Waals surface area contributed by atoms with Crippen molar-refractivity contribution >= 4 is 17.5 Å². The van der Waals surface area contributed by atoms with E-state index in [4.69, 9.17) is 9.47 Å². The Hall–Kier alpha value is -3.02. The zero-order chi connectivity index (χ0) is 18.9. The normalized spacial score (nSPS) is 11.3. The quantitative estimate of drug-likeness (QED) is 0.761. The number of nitrogens with one attached hydrogen (secondary N) is 2. The number of carbonyl (C=O) groups is 2. The van der Waals surface area contributed by atoms with E-state index >= 15 is 0 Å². The van der Waals surface area contributed by atoms with Crippen LogP contribution in [0.1, 0.15) is 30.6 Å². The number of anilines is 1. The third-order valence-corrected chi connectivity index (χ3v) is 3.83. The highest BCUT2D eigenvalue weighted by Crippen LogP contribution is 2.17. The summed E-state index contributed by atoms with van der Waals surface area (Å²) < 4.78 is 10.5. The fraction of sp³-hybridized carbons (Fsp3) is 0.300. The summed E-state index contributed by atoms with van der Waals surface area (Å²) in [4.78, 5) is 24.2. The van der Waals surface area contributed by atoms with Crippen LogP contribution < -0.4 is 20.1 Å². The van der Waals surface area contributed by atoms with Gasteiger partial charge in [-0.1, -0.05) is 13.0 Å². The van der Waals surface area contributed by atoms with Gasteiger partial charge in [0.25, 0.3) is 11.8 Å². The fourth-order valence-corrected chi connectivity index (χ4v) is 2.17. The van der Waals surface area contributed by atoms with Crippen molar-refractivity contribution < 1.29 is 19.1 Å². The van der Waals surface area contributed by atoms with Gasteiger partial charge in [0.15, 0.2) is 6.61 Å². The number of amides is 2. The minimum Gasteiger partial charge on any atom is -0.497 e. The lowest BCUT2D eigenvalue weighted by Gasteiger charge is -2.12. The molecule has 2 N–H and O–H groups in total. The molecule has 0 aromatic heterocycles. The summed E-state index contributed by atoms with van der Waals surface area (Å²) in [5.74, 6) is 0.821. The summed E-state index contributed by atoms with van der Waals surface area (Å²) in [7, 11) is 1.58. The maximum atomic E-state index is 12.2. The first kappa shape index (κ1) is 19.3. The van der Waals surface area contributed by atoms with Crippen molar-refractivity contribution in [3.63, 3.8) is 0 Å². The van der Waals surface area contributed by atoms with Gasteiger partial charge in [-0.05, 0) is 55.8 Å². The summed E-state index contributed by atoms with van der Waals surface area (Å²) >= 11 is 0. The van der Waals surface area contributed by atoms with E-state index in [-0.39, 0.29) is 24.5 Å². The molecule has 6 nitrogen and oxygen atoms in total. The number of ether oxygens (including phenoxy) is 2. The zero-order valence-electron chi connectivity index (χ0n) is 15.2. The van der Waals surface area contributed by atoms with Crippen molar-refractivity contribution in [1.82, 2.24) is 5.32 Å². The van der Waals surface area contributed by atoms with Gasteiger partial charge in [-0.25, -0.2) is 0 Å². The molecule has 138 valence electrons. The lowest BCUT2D eigenvalue weighted by Crippen LogP contribution is -2.32. The molecule has 0 bridgehead atoms. The highest BCUT2D eigenvalue weighted by atomic mass is 16.5. The summed E-state index contributed by atoms with van der Waals surface area (Å²) in [5, 5.41) is 5.62. The Morgan fingerprint density at radius 3 is 2.42 bits per heavy atom. The van der Waals surface area contributed by atoms with Gasteiger partial charge < -0.3 is 20.1 Å². The molecule has 0 heterocycles. The molecule has 0 spiro atoms. The van der Waals surface area contributed by atoms with E-state index in [9.17, 15) is 9.59 Å². The number of hydrogen-bond donors (Lipinski definition) is 2. The van der Waals surface area contributed by atoms with E-state index in [1.54, 1.807) is 55.6 Å². The first-order valence-electron chi connectivity index (χ1n) is 8.49. The minimum atomic E-state index is -0.305. The van der Waals surface area contributed by atoms with Crippen molar-refractivity contribution in [2.45, 2.75) is 26.3 Å². The first-order valence-corrected chi connectivity index (χ1v) is 8.49. The maximum Gasteiger partial charge on any atom is 0.262 e. The van der Waals surface area contributed by atoms with Gasteiger partial charge in [-0.3, -0.25) is 9.59 Å². The first-order chi connectivity index (χ1) is 12.5. The van der Waals surface area contributed by atoms with Crippen LogP contribution in [0, 0.1) is 0 Å². The second-order valence-corrected chi connectivity index (χ2v) is 5.88. The molecule has 0 aliphatic heterocycles. The van der Waals surface area contributed by atoms with Gasteiger partial charge in [0.05, 0.1) is 7.11 Å². The van der Waals surface area contributed by atoms with Crippen molar-refractivity contribution in [2.24, 2.45) is 0 Å². The molecular formula is C20H24N2O4. The summed E-state index contributed by atoms with van der Waals surface area (Å²) in [6.45, 7) is 3.82. The van der Waals surface area contributed by atoms with Crippen molar-refractivity contribution in [3.05, 3.63) is 54.1 Å². The Morgan fingerprint density at radius 1 is 1.08 bits per heavy atom. The predicted octanol–water partition coefficient (Wildman–Crippen LogP) is 3.24. The van der Waals surface area contributed by atoms with Crippen LogP contribution in [0.25, 0.3) is 0 Å². The molecule has 1 unspecified atom stereocenters. The summed E-state index contributed by atoms with van der Waals surface area (Å²) in [6.07, 6.45) is 0.852. The number of methoxy groups -OCH3 is 1. The van der Waals surface area contributed by atoms with Crippen LogP contribution in [0.2, 0.25) is 0 Å². The monoisotopic (exact) mass is 356 g/mol. The molecule has 0 aliphatic rings. The highest BCUT2D eigenvalue weighted by Gasteiger charge is 2.10. The number of carbonyl (C=O) groups excluding carboxylic acids is 2. The Morgan fingerprint density at radius 2 is 1.77 bits per heavy atom. The standard InChI is InChI=1S/C20H24N2O4/c1-4-14(2)21-20(24)15-6-5-7-16(12-15)22-19(23)13-26-18-10-8-17(25-3)9-11-18/h5-12,14H,4,13H2,1-3H3,(H,21,24)(H,22,23). The molecule has 2 amide bonds. The van der Waals surface area contributed by atoms with Crippen LogP contribution in [-0.4, -0.2) is 31.6 Å². The third-order valence-electron chi connectivity index (χ3n) is 3.83. The van der Waals surface area contributed by atoms with Crippen LogP contribution >= 0.6 is 0 Å². The molecule has 26 heavy (non-hydrogen) atoms. The van der Waals surface area contributed by atoms with Gasteiger partial charge in [0.2, 0.25) is 0 Å². The molecule has 2 aromatic rings. The molecule has 2 rings (SSSR count). The van der Waals surface area contributed by atoms with Crippen molar-refractivity contribution in [3.8, 4) is 11.5 Å². The minimum absolute atomic E-state index is 0.0960. The molecule has 0 fully saturated rings. The molecule has 0 aliphatic carbocycles. The van der Waals surface area contributed by atoms with Gasteiger partial charge in [-0.15, -0.1) is 0 Å². The summed E-state index contributed by atoms with van der Waals surface area (Å²) in [5.41, 5.74) is 1.05. The van der Waals surface area contributed by atoms with Gasteiger partial charge >= 0.3 is 0 Å². The van der Waals surface area contributed by atoms with Gasteiger partial charge in [0.1, 0.15) is 11.5 Å². The Labute approximate surface area is 153 Å². The van der Waals surface area contributed by atoms with Crippen molar-refractivity contribution in [1.29, 1.82) is 0 Å². The topological polar surface area (TPSA) is 76.7 Å². The fourth-order valence-electron chi connectivity index (χ4n) is 2.17. The smallest absolute Gasteiger partial charge is 0.262 e. The average molecular weight is 356 g/mol. The van der Waals surface area contributed by atoms with Crippen LogP contribution in [0.4, 0.5) is 5.69 Å². The zero-order valence-corrected chi connectivity index (χ0v) is 15.2. The second-order valence-electron chi connectivity index (χ2n) is 5.88. The lowest BCUT2D eigenvalue weighted by molar-refractivity contribution is -0.118. The van der Waals surface area contributed by atoms with E-state index in [2.05, 4.69) is 10.6 Å². The van der Waals surface area contributed by atoms with Crippen LogP contribution in [0.5, 0.6) is 11.5 Å². The van der Waals surface area contributed by atoms with Crippen LogP contribution in [-0.2, 0) is 4.79 Å². The Kier molecular flexibility index (Phi) is 7.02. The van der Waals surface area contributed by atoms with Crippen LogP contribution in [0.15, 0.2) is 48.5 Å². The number of benzene rings is 2. The molecule has 2 aromatic carbocycles. The lowest BCUT2D eigenvalue weighted by atomic mass is 10.1. The Bertz CT molecular complexity index is 744. The number of hydrogen-bond acceptors (Lipinski definition) is 4. The van der Waals surface area contributed by atoms with E-state index in [1.165, 1.54) is 0 Å². The van der Waals surface area contributed by atoms with Gasteiger partial charge in [-0.2, -0.15) is 0 Å².